The van der Waals surface area contributed by atoms with Crippen LogP contribution in [0.4, 0.5) is 0 Å². The highest BCUT2D eigenvalue weighted by atomic mass is 16.5. The number of hydrogen-bond donors (Lipinski definition) is 1. The summed E-state index contributed by atoms with van der Waals surface area (Å²) in [6.45, 7) is 2.17. The van der Waals surface area contributed by atoms with E-state index in [2.05, 4.69) is 22.5 Å². The second kappa shape index (κ2) is 6.63. The summed E-state index contributed by atoms with van der Waals surface area (Å²) in [6, 6.07) is 8.71. The van der Waals surface area contributed by atoms with E-state index < -0.39 is 0 Å². The van der Waals surface area contributed by atoms with Crippen molar-refractivity contribution in [1.82, 2.24) is 15.1 Å². The Morgan fingerprint density at radius 2 is 2.24 bits per heavy atom. The minimum absolute atomic E-state index is 0.567. The molecule has 3 rings (SSSR count). The van der Waals surface area contributed by atoms with Crippen LogP contribution in [0.3, 0.4) is 0 Å². The summed E-state index contributed by atoms with van der Waals surface area (Å²) in [7, 11) is 1.66. The number of methoxy groups -OCH3 is 1. The number of hydrogen-bond acceptors (Lipinski definition) is 4. The molecule has 0 amide bonds. The van der Waals surface area contributed by atoms with Crippen LogP contribution in [-0.2, 0) is 13.1 Å². The summed E-state index contributed by atoms with van der Waals surface area (Å²) in [5.41, 5.74) is 1.22. The zero-order chi connectivity index (χ0) is 14.5. The summed E-state index contributed by atoms with van der Waals surface area (Å²) < 4.78 is 13.1. The standard InChI is InChI=1S/C16H21N3O2/c1-20-15-6-3-13(12-17-14-4-5-14)11-16(15)21-10-9-19-8-2-7-18-19/h2-3,6-8,11,14,17H,4-5,9-10,12H2,1H3. The van der Waals surface area contributed by atoms with Gasteiger partial charge in [-0.05, 0) is 36.6 Å². The van der Waals surface area contributed by atoms with Gasteiger partial charge in [-0.15, -0.1) is 0 Å². The Hall–Kier alpha value is -2.01. The van der Waals surface area contributed by atoms with Gasteiger partial charge in [0, 0.05) is 25.0 Å². The molecule has 1 saturated carbocycles. The van der Waals surface area contributed by atoms with Crippen LogP contribution in [0.25, 0.3) is 0 Å². The van der Waals surface area contributed by atoms with Crippen molar-refractivity contribution >= 4 is 0 Å². The molecule has 0 bridgehead atoms. The Balaban J connectivity index is 1.58. The van der Waals surface area contributed by atoms with E-state index in [1.165, 1.54) is 18.4 Å². The smallest absolute Gasteiger partial charge is 0.161 e. The molecule has 0 unspecified atom stereocenters. The first kappa shape index (κ1) is 13.9. The highest BCUT2D eigenvalue weighted by molar-refractivity contribution is 5.43. The maximum absolute atomic E-state index is 5.85. The predicted octanol–water partition coefficient (Wildman–Crippen LogP) is 2.22. The molecular formula is C16H21N3O2. The Bertz CT molecular complexity index is 565. The lowest BCUT2D eigenvalue weighted by atomic mass is 10.2. The first-order valence-corrected chi connectivity index (χ1v) is 7.35. The summed E-state index contributed by atoms with van der Waals surface area (Å²) in [6.07, 6.45) is 6.29. The van der Waals surface area contributed by atoms with Gasteiger partial charge in [0.2, 0.25) is 0 Å². The molecule has 112 valence electrons. The molecule has 5 nitrogen and oxygen atoms in total. The second-order valence-corrected chi connectivity index (χ2v) is 5.26. The Morgan fingerprint density at radius 1 is 1.33 bits per heavy atom. The summed E-state index contributed by atoms with van der Waals surface area (Å²) in [4.78, 5) is 0. The minimum atomic E-state index is 0.567. The van der Waals surface area contributed by atoms with Gasteiger partial charge in [0.15, 0.2) is 11.5 Å². The Kier molecular flexibility index (Phi) is 4.40. The molecule has 5 heteroatoms. The molecule has 0 radical (unpaired) electrons. The van der Waals surface area contributed by atoms with Crippen LogP contribution in [0.2, 0.25) is 0 Å². The predicted molar refractivity (Wildman–Crippen MR) is 80.6 cm³/mol. The van der Waals surface area contributed by atoms with E-state index in [0.29, 0.717) is 12.6 Å². The molecule has 1 fully saturated rings. The van der Waals surface area contributed by atoms with Crippen molar-refractivity contribution in [3.8, 4) is 11.5 Å². The van der Waals surface area contributed by atoms with Crippen LogP contribution < -0.4 is 14.8 Å². The summed E-state index contributed by atoms with van der Waals surface area (Å²) in [5, 5.41) is 7.66. The molecule has 2 aromatic rings. The molecule has 1 N–H and O–H groups in total. The van der Waals surface area contributed by atoms with E-state index in [4.69, 9.17) is 9.47 Å². The number of nitrogens with zero attached hydrogens (tertiary/aromatic N) is 2. The third-order valence-corrected chi connectivity index (χ3v) is 3.54. The highest BCUT2D eigenvalue weighted by Gasteiger charge is 2.20. The van der Waals surface area contributed by atoms with Gasteiger partial charge in [-0.1, -0.05) is 6.07 Å². The molecule has 1 aliphatic carbocycles. The van der Waals surface area contributed by atoms with Crippen molar-refractivity contribution in [1.29, 1.82) is 0 Å². The van der Waals surface area contributed by atoms with Crippen LogP contribution >= 0.6 is 0 Å². The van der Waals surface area contributed by atoms with Crippen molar-refractivity contribution < 1.29 is 9.47 Å². The molecule has 1 aromatic heterocycles. The maximum atomic E-state index is 5.85. The maximum Gasteiger partial charge on any atom is 0.161 e. The van der Waals surface area contributed by atoms with Crippen LogP contribution in [0.15, 0.2) is 36.7 Å². The van der Waals surface area contributed by atoms with Gasteiger partial charge in [-0.3, -0.25) is 4.68 Å². The lowest BCUT2D eigenvalue weighted by molar-refractivity contribution is 0.274. The van der Waals surface area contributed by atoms with E-state index >= 15 is 0 Å². The van der Waals surface area contributed by atoms with Gasteiger partial charge in [0.25, 0.3) is 0 Å². The lowest BCUT2D eigenvalue weighted by Gasteiger charge is -2.13. The minimum Gasteiger partial charge on any atom is -0.493 e. The van der Waals surface area contributed by atoms with E-state index in [0.717, 1.165) is 24.6 Å². The first-order valence-electron chi connectivity index (χ1n) is 7.35. The Labute approximate surface area is 124 Å². The highest BCUT2D eigenvalue weighted by Crippen LogP contribution is 2.28. The number of aromatic nitrogens is 2. The average molecular weight is 287 g/mol. The lowest BCUT2D eigenvalue weighted by Crippen LogP contribution is -2.15. The van der Waals surface area contributed by atoms with Crippen molar-refractivity contribution in [3.05, 3.63) is 42.2 Å². The fourth-order valence-corrected chi connectivity index (χ4v) is 2.18. The molecule has 1 aromatic carbocycles. The number of ether oxygens (including phenoxy) is 2. The number of nitrogens with one attached hydrogen (secondary N) is 1. The quantitative estimate of drug-likeness (QED) is 0.809. The largest absolute Gasteiger partial charge is 0.493 e. The van der Waals surface area contributed by atoms with Crippen LogP contribution in [0.1, 0.15) is 18.4 Å². The van der Waals surface area contributed by atoms with Gasteiger partial charge >= 0.3 is 0 Å². The monoisotopic (exact) mass is 287 g/mol. The van der Waals surface area contributed by atoms with Gasteiger partial charge < -0.3 is 14.8 Å². The van der Waals surface area contributed by atoms with Gasteiger partial charge in [0.1, 0.15) is 6.61 Å². The normalized spacial score (nSPS) is 14.1. The molecular weight excluding hydrogens is 266 g/mol. The second-order valence-electron chi connectivity index (χ2n) is 5.26. The van der Waals surface area contributed by atoms with Crippen molar-refractivity contribution in [3.63, 3.8) is 0 Å². The topological polar surface area (TPSA) is 48.3 Å². The first-order chi connectivity index (χ1) is 10.3. The molecule has 0 atom stereocenters. The van der Waals surface area contributed by atoms with Gasteiger partial charge in [-0.25, -0.2) is 0 Å². The Morgan fingerprint density at radius 3 is 2.95 bits per heavy atom. The third-order valence-electron chi connectivity index (χ3n) is 3.54. The SMILES string of the molecule is COc1ccc(CNC2CC2)cc1OCCn1cccn1. The number of benzene rings is 1. The molecule has 1 heterocycles. The van der Waals surface area contributed by atoms with E-state index in [1.807, 2.05) is 23.0 Å². The van der Waals surface area contributed by atoms with Crippen LogP contribution in [-0.4, -0.2) is 29.5 Å². The van der Waals surface area contributed by atoms with E-state index in [9.17, 15) is 0 Å². The molecule has 0 spiro atoms. The fraction of sp³-hybridized carbons (Fsp3) is 0.438. The summed E-state index contributed by atoms with van der Waals surface area (Å²) >= 11 is 0. The van der Waals surface area contributed by atoms with Crippen molar-refractivity contribution in [2.24, 2.45) is 0 Å². The number of rotatable bonds is 8. The van der Waals surface area contributed by atoms with Crippen molar-refractivity contribution in [2.45, 2.75) is 32.0 Å². The third kappa shape index (κ3) is 3.98. The average Bonchev–Trinajstić information content (AvgIpc) is 3.20. The zero-order valence-corrected chi connectivity index (χ0v) is 12.3. The van der Waals surface area contributed by atoms with E-state index in [1.54, 1.807) is 13.3 Å². The van der Waals surface area contributed by atoms with Crippen LogP contribution in [0, 0.1) is 0 Å². The van der Waals surface area contributed by atoms with Crippen LogP contribution in [0.5, 0.6) is 11.5 Å². The van der Waals surface area contributed by atoms with Crippen molar-refractivity contribution in [2.75, 3.05) is 13.7 Å². The summed E-state index contributed by atoms with van der Waals surface area (Å²) in [5.74, 6) is 1.56. The fourth-order valence-electron chi connectivity index (χ4n) is 2.18. The molecule has 0 aliphatic heterocycles. The molecule has 1 aliphatic rings. The van der Waals surface area contributed by atoms with Gasteiger partial charge in [0.05, 0.1) is 13.7 Å². The van der Waals surface area contributed by atoms with E-state index in [-0.39, 0.29) is 0 Å². The van der Waals surface area contributed by atoms with Gasteiger partial charge in [-0.2, -0.15) is 5.10 Å². The zero-order valence-electron chi connectivity index (χ0n) is 12.3. The molecule has 0 saturated heterocycles. The molecule has 21 heavy (non-hydrogen) atoms.